The third kappa shape index (κ3) is 6.02. The predicted molar refractivity (Wildman–Crippen MR) is 147 cm³/mol. The maximum Gasteiger partial charge on any atom is 0.290 e. The first kappa shape index (κ1) is 26.6. The number of carbonyl (C=O) groups is 2. The second-order valence-electron chi connectivity index (χ2n) is 9.84. The Morgan fingerprint density at radius 2 is 1.87 bits per heavy atom. The van der Waals surface area contributed by atoms with Gasteiger partial charge < -0.3 is 19.5 Å². The Kier molecular flexibility index (Phi) is 8.34. The van der Waals surface area contributed by atoms with Crippen LogP contribution in [0.1, 0.15) is 39.5 Å². The Hall–Kier alpha value is -4.01. The van der Waals surface area contributed by atoms with Crippen molar-refractivity contribution in [2.45, 2.75) is 26.0 Å². The van der Waals surface area contributed by atoms with Crippen molar-refractivity contribution in [3.63, 3.8) is 0 Å². The van der Waals surface area contributed by atoms with E-state index in [0.717, 1.165) is 30.8 Å². The van der Waals surface area contributed by atoms with Gasteiger partial charge in [0.05, 0.1) is 24.8 Å². The number of Topliss-reactive ketones (excluding diaryl/α,β-unsaturated/α-hetero) is 1. The summed E-state index contributed by atoms with van der Waals surface area (Å²) in [5.74, 6) is -0.747. The summed E-state index contributed by atoms with van der Waals surface area (Å²) in [5, 5.41) is 11.0. The second kappa shape index (κ2) is 12.2. The highest BCUT2D eigenvalue weighted by atomic mass is 16.5. The highest BCUT2D eigenvalue weighted by molar-refractivity contribution is 6.16. The van der Waals surface area contributed by atoms with Gasteiger partial charge >= 0.3 is 0 Å². The van der Waals surface area contributed by atoms with Crippen LogP contribution in [0, 0.1) is 6.92 Å². The van der Waals surface area contributed by atoms with Crippen LogP contribution in [0.2, 0.25) is 0 Å². The molecule has 2 aliphatic heterocycles. The van der Waals surface area contributed by atoms with Gasteiger partial charge in [-0.1, -0.05) is 36.4 Å². The van der Waals surface area contributed by atoms with Crippen molar-refractivity contribution in [2.24, 2.45) is 0 Å². The van der Waals surface area contributed by atoms with E-state index in [-0.39, 0.29) is 11.4 Å². The number of morpholine rings is 1. The zero-order chi connectivity index (χ0) is 27.2. The molecule has 8 heteroatoms. The Morgan fingerprint density at radius 3 is 2.59 bits per heavy atom. The highest BCUT2D eigenvalue weighted by Gasteiger charge is 2.43. The molecule has 1 fully saturated rings. The molecule has 2 aliphatic rings. The fraction of sp³-hybridized carbons (Fsp3) is 0.323. The highest BCUT2D eigenvalue weighted by Crippen LogP contribution is 2.39. The monoisotopic (exact) mass is 527 g/mol. The number of hydrogen-bond acceptors (Lipinski definition) is 7. The van der Waals surface area contributed by atoms with Crippen LogP contribution in [0.3, 0.4) is 0 Å². The van der Waals surface area contributed by atoms with Crippen LogP contribution < -0.4 is 4.74 Å². The number of aryl methyl sites for hydroxylation is 1. The summed E-state index contributed by atoms with van der Waals surface area (Å²) in [5.41, 5.74) is 2.99. The first-order valence-corrected chi connectivity index (χ1v) is 13.3. The van der Waals surface area contributed by atoms with Crippen molar-refractivity contribution in [3.05, 3.63) is 107 Å². The molecular formula is C31H33N3O5. The van der Waals surface area contributed by atoms with Gasteiger partial charge in [-0.15, -0.1) is 0 Å². The van der Waals surface area contributed by atoms with E-state index in [4.69, 9.17) is 9.47 Å². The number of pyridine rings is 1. The van der Waals surface area contributed by atoms with Crippen molar-refractivity contribution in [1.29, 1.82) is 0 Å². The average molecular weight is 528 g/mol. The molecule has 0 aliphatic carbocycles. The maximum absolute atomic E-state index is 13.8. The van der Waals surface area contributed by atoms with Gasteiger partial charge in [-0.2, -0.15) is 0 Å². The van der Waals surface area contributed by atoms with Gasteiger partial charge in [0.2, 0.25) is 0 Å². The van der Waals surface area contributed by atoms with Gasteiger partial charge in [0.15, 0.2) is 11.5 Å². The molecule has 1 atom stereocenters. The van der Waals surface area contributed by atoms with E-state index in [2.05, 4.69) is 9.88 Å². The topological polar surface area (TPSA) is 92.2 Å². The van der Waals surface area contributed by atoms with Crippen LogP contribution in [0.25, 0.3) is 0 Å². The molecule has 0 saturated carbocycles. The third-order valence-electron chi connectivity index (χ3n) is 7.20. The Bertz CT molecular complexity index is 1340. The van der Waals surface area contributed by atoms with E-state index in [9.17, 15) is 14.7 Å². The molecule has 202 valence electrons. The summed E-state index contributed by atoms with van der Waals surface area (Å²) in [4.78, 5) is 35.2. The van der Waals surface area contributed by atoms with E-state index < -0.39 is 17.7 Å². The zero-order valence-electron chi connectivity index (χ0n) is 22.1. The third-order valence-corrected chi connectivity index (χ3v) is 7.20. The predicted octanol–water partition coefficient (Wildman–Crippen LogP) is 4.27. The molecular weight excluding hydrogens is 494 g/mol. The van der Waals surface area contributed by atoms with E-state index in [1.54, 1.807) is 41.6 Å². The van der Waals surface area contributed by atoms with Gasteiger partial charge in [-0.05, 0) is 54.3 Å². The molecule has 0 bridgehead atoms. The van der Waals surface area contributed by atoms with Crippen molar-refractivity contribution in [1.82, 2.24) is 14.8 Å². The molecule has 0 radical (unpaired) electrons. The maximum atomic E-state index is 13.8. The molecule has 3 aromatic rings. The van der Waals surface area contributed by atoms with Gasteiger partial charge in [-0.3, -0.25) is 19.5 Å². The van der Waals surface area contributed by atoms with Gasteiger partial charge in [0.25, 0.3) is 5.91 Å². The molecule has 2 aromatic carbocycles. The van der Waals surface area contributed by atoms with Crippen molar-refractivity contribution < 1.29 is 24.2 Å². The van der Waals surface area contributed by atoms with E-state index in [1.165, 1.54) is 0 Å². The molecule has 3 heterocycles. The van der Waals surface area contributed by atoms with E-state index >= 15 is 0 Å². The normalized spacial score (nSPS) is 18.0. The number of aromatic nitrogens is 1. The van der Waals surface area contributed by atoms with Gasteiger partial charge in [0, 0.05) is 44.1 Å². The first-order chi connectivity index (χ1) is 19.0. The Balaban J connectivity index is 1.35. The average Bonchev–Trinajstić information content (AvgIpc) is 3.23. The summed E-state index contributed by atoms with van der Waals surface area (Å²) < 4.78 is 11.4. The van der Waals surface area contributed by atoms with Crippen LogP contribution in [0.4, 0.5) is 0 Å². The minimum Gasteiger partial charge on any atom is -0.503 e. The van der Waals surface area contributed by atoms with E-state index in [0.29, 0.717) is 49.7 Å². The van der Waals surface area contributed by atoms with Crippen LogP contribution in [0.5, 0.6) is 5.75 Å². The summed E-state index contributed by atoms with van der Waals surface area (Å²) in [6.45, 7) is 6.63. The van der Waals surface area contributed by atoms with E-state index in [1.807, 2.05) is 43.3 Å². The molecule has 8 nitrogen and oxygen atoms in total. The SMILES string of the molecule is Cc1cc(C(=O)C2=C(O)C(=O)N(CCCN3CCOCC3)C2c2cccnc2)ccc1OCc1ccccc1. The fourth-order valence-electron chi connectivity index (χ4n) is 5.13. The number of nitrogens with zero attached hydrogens (tertiary/aromatic N) is 3. The van der Waals surface area contributed by atoms with Gasteiger partial charge in [0.1, 0.15) is 12.4 Å². The number of ether oxygens (including phenoxy) is 2. The number of aliphatic hydroxyl groups excluding tert-OH is 1. The molecule has 0 spiro atoms. The number of rotatable bonds is 10. The molecule has 1 aromatic heterocycles. The summed E-state index contributed by atoms with van der Waals surface area (Å²) >= 11 is 0. The Labute approximate surface area is 228 Å². The lowest BCUT2D eigenvalue weighted by Gasteiger charge is -2.29. The number of carbonyl (C=O) groups excluding carboxylic acids is 2. The largest absolute Gasteiger partial charge is 0.503 e. The summed E-state index contributed by atoms with van der Waals surface area (Å²) in [6, 6.07) is 17.9. The zero-order valence-corrected chi connectivity index (χ0v) is 22.1. The first-order valence-electron chi connectivity index (χ1n) is 13.3. The molecule has 39 heavy (non-hydrogen) atoms. The number of aliphatic hydroxyl groups is 1. The second-order valence-corrected chi connectivity index (χ2v) is 9.84. The van der Waals surface area contributed by atoms with Crippen LogP contribution >= 0.6 is 0 Å². The number of ketones is 1. The number of benzene rings is 2. The minimum atomic E-state index is -0.710. The van der Waals surface area contributed by atoms with Crippen LogP contribution in [0.15, 0.2) is 84.4 Å². The van der Waals surface area contributed by atoms with Crippen LogP contribution in [-0.2, 0) is 16.1 Å². The van der Waals surface area contributed by atoms with Crippen molar-refractivity contribution >= 4 is 11.7 Å². The fourth-order valence-corrected chi connectivity index (χ4v) is 5.13. The summed E-state index contributed by atoms with van der Waals surface area (Å²) in [6.07, 6.45) is 4.00. The quantitative estimate of drug-likeness (QED) is 0.394. The molecule has 1 unspecified atom stereocenters. The standard InChI is InChI=1S/C31H33N3O5/c1-22-19-24(10-11-26(22)39-21-23-7-3-2-4-8-23)29(35)27-28(25-9-5-12-32-20-25)34(31(37)30(27)36)14-6-13-33-15-17-38-18-16-33/h2-5,7-12,19-20,28,36H,6,13-18,21H2,1H3. The van der Waals surface area contributed by atoms with Crippen molar-refractivity contribution in [3.8, 4) is 5.75 Å². The Morgan fingerprint density at radius 1 is 1.08 bits per heavy atom. The smallest absolute Gasteiger partial charge is 0.290 e. The number of hydrogen-bond donors (Lipinski definition) is 1. The molecule has 1 saturated heterocycles. The van der Waals surface area contributed by atoms with Gasteiger partial charge in [-0.25, -0.2) is 0 Å². The number of amides is 1. The molecule has 1 amide bonds. The molecule has 1 N–H and O–H groups in total. The lowest BCUT2D eigenvalue weighted by Crippen LogP contribution is -2.39. The van der Waals surface area contributed by atoms with Crippen LogP contribution in [-0.4, -0.2) is 71.0 Å². The lowest BCUT2D eigenvalue weighted by atomic mass is 9.93. The van der Waals surface area contributed by atoms with Crippen molar-refractivity contribution in [2.75, 3.05) is 39.4 Å². The minimum absolute atomic E-state index is 0.0803. The summed E-state index contributed by atoms with van der Waals surface area (Å²) in [7, 11) is 0. The lowest BCUT2D eigenvalue weighted by molar-refractivity contribution is -0.129. The molecule has 5 rings (SSSR count).